The van der Waals surface area contributed by atoms with Crippen LogP contribution in [0.4, 0.5) is 55.1 Å². The molecule has 6 heterocycles. The number of nitrogens with zero attached hydrogens (tertiary/aromatic N) is 6. The van der Waals surface area contributed by atoms with Crippen molar-refractivity contribution >= 4 is 169 Å². The average molecular weight is 1780 g/mol. The first-order chi connectivity index (χ1) is 55.8. The fraction of sp³-hybridized carbons (Fsp3) is 0.263. The molecule has 2 unspecified atom stereocenters. The number of aryl methyl sites for hydroxylation is 2. The van der Waals surface area contributed by atoms with Gasteiger partial charge in [0.1, 0.15) is 35.4 Å². The lowest BCUT2D eigenvalue weighted by Gasteiger charge is -2.27. The molecule has 6 aromatic carbocycles. The predicted octanol–water partition coefficient (Wildman–Crippen LogP) is 6.50. The van der Waals surface area contributed by atoms with Crippen LogP contribution < -0.4 is 54.4 Å². The van der Waals surface area contributed by atoms with Gasteiger partial charge in [0.2, 0.25) is 41.4 Å². The van der Waals surface area contributed by atoms with Gasteiger partial charge in [-0.25, -0.2) is 35.6 Å². The van der Waals surface area contributed by atoms with Crippen LogP contribution in [-0.2, 0) is 70.8 Å². The van der Waals surface area contributed by atoms with Gasteiger partial charge in [-0.2, -0.15) is 9.97 Å². The van der Waals surface area contributed by atoms with E-state index in [1.54, 1.807) is 42.5 Å². The quantitative estimate of drug-likeness (QED) is 0.0154. The first-order valence-electron chi connectivity index (χ1n) is 35.8. The summed E-state index contributed by atoms with van der Waals surface area (Å²) in [6, 6.07) is 27.7. The van der Waals surface area contributed by atoms with E-state index in [2.05, 4.69) is 89.0 Å². The molecule has 12 rings (SSSR count). The van der Waals surface area contributed by atoms with Crippen molar-refractivity contribution in [3.63, 3.8) is 0 Å². The van der Waals surface area contributed by atoms with Gasteiger partial charge in [0.25, 0.3) is 35.4 Å². The molecule has 0 aliphatic carbocycles. The third-order valence-corrected chi connectivity index (χ3v) is 22.7. The lowest BCUT2D eigenvalue weighted by atomic mass is 9.99. The number of imide groups is 4. The molecule has 2 atom stereocenters. The number of fused-ring (bicyclic) bond motifs is 2. The third kappa shape index (κ3) is 22.0. The number of carboxylic acids is 1. The summed E-state index contributed by atoms with van der Waals surface area (Å²) < 4.78 is 89.9. The van der Waals surface area contributed by atoms with Crippen molar-refractivity contribution in [2.75, 3.05) is 72.3 Å². The fourth-order valence-electron chi connectivity index (χ4n) is 12.4. The Hall–Kier alpha value is -12.3. The highest BCUT2D eigenvalue weighted by atomic mass is 79.9. The van der Waals surface area contributed by atoms with E-state index in [0.29, 0.717) is 63.7 Å². The minimum absolute atomic E-state index is 0.0149. The molecular weight excluding hydrogens is 1700 g/mol. The molecule has 612 valence electrons. The zero-order chi connectivity index (χ0) is 84.4. The standard InChI is InChI=1S/C38H36BrFN8O9S.C19H18BrFN6O3S.C19H20N2O7/c39-25-20-43-38(47-34(25)45-27-8-2-7-26(40)32(27)33(41)51)44-22-9-11-23(12-10-22)58(55,56)19-16-42-29(49)15-18-57-17-3-5-21-4-1-6-24-31(21)37(54)48(36(24)53)28-13-14-30(50)46-35(28)52;20-13-10-24-19(25-11-4-6-12(7-5-11)31(29,30)9-8-22)27-18(13)26-15-3-1-2-14(21)16(15)17(23)28;22-14-7-6-13(17(25)20-14)21-18(26)12-5-1-3-11(16(12)19(21)27)4-2-9-28-10-8-15(23)24/h1-2,4,6-12,20,28H,3,5,13-19H2,(H2,41,51)(H,42,49)(H,46,50,52)(H2,43,44,45,47);1-7,10H,8-9,22H2,(H2,23,28)(H2,24,25,26,27);1,3,5,13H,2,4,6-10H2,(H,23,24)(H,20,22,25). The highest BCUT2D eigenvalue weighted by Crippen LogP contribution is 2.35. The maximum atomic E-state index is 14.2. The molecule has 0 saturated carbocycles. The largest absolute Gasteiger partial charge is 0.481 e. The Morgan fingerprint density at radius 2 is 0.949 bits per heavy atom. The Kier molecular flexibility index (Phi) is 29.3. The number of nitrogens with two attached hydrogens (primary N) is 3. The number of anilines is 8. The monoisotopic (exact) mass is 1770 g/mol. The second-order valence-electron chi connectivity index (χ2n) is 26.1. The summed E-state index contributed by atoms with van der Waals surface area (Å²) in [5.74, 6) is -8.94. The zero-order valence-corrected chi connectivity index (χ0v) is 66.4. The number of piperidine rings is 2. The van der Waals surface area contributed by atoms with Crippen LogP contribution in [0.15, 0.2) is 152 Å². The van der Waals surface area contributed by atoms with Crippen LogP contribution in [0, 0.1) is 11.6 Å². The van der Waals surface area contributed by atoms with Gasteiger partial charge in [-0.1, -0.05) is 36.4 Å². The second kappa shape index (κ2) is 39.4. The van der Waals surface area contributed by atoms with Crippen LogP contribution in [-0.4, -0.2) is 186 Å². The van der Waals surface area contributed by atoms with Crippen molar-refractivity contribution in [1.82, 2.24) is 45.7 Å². The van der Waals surface area contributed by atoms with Crippen molar-refractivity contribution in [2.24, 2.45) is 17.2 Å². The van der Waals surface area contributed by atoms with Gasteiger partial charge in [0, 0.05) is 69.3 Å². The molecule has 117 heavy (non-hydrogen) atoms. The topological polar surface area (TPSA) is 532 Å². The van der Waals surface area contributed by atoms with Gasteiger partial charge < -0.3 is 58.4 Å². The van der Waals surface area contributed by atoms with E-state index in [-0.39, 0.29) is 161 Å². The number of aliphatic carboxylic acids is 1. The molecule has 0 spiro atoms. The summed E-state index contributed by atoms with van der Waals surface area (Å²) in [6.07, 6.45) is 4.95. The molecule has 41 heteroatoms. The number of sulfone groups is 2. The number of rotatable bonds is 33. The Balaban J connectivity index is 0.000000205. The normalized spacial score (nSPS) is 15.1. The molecule has 2 fully saturated rings. The van der Waals surface area contributed by atoms with E-state index >= 15 is 0 Å². The number of carboxylic acid groups (broad SMARTS) is 1. The molecule has 14 N–H and O–H groups in total. The smallest absolute Gasteiger partial charge is 0.305 e. The van der Waals surface area contributed by atoms with Crippen LogP contribution in [0.2, 0.25) is 0 Å². The molecule has 2 saturated heterocycles. The number of primary amides is 2. The minimum Gasteiger partial charge on any atom is -0.481 e. The summed E-state index contributed by atoms with van der Waals surface area (Å²) in [5, 5.41) is 27.1. The van der Waals surface area contributed by atoms with E-state index in [9.17, 15) is 83.2 Å². The lowest BCUT2D eigenvalue weighted by Crippen LogP contribution is -2.54. The van der Waals surface area contributed by atoms with Crippen molar-refractivity contribution < 1.29 is 97.7 Å². The van der Waals surface area contributed by atoms with E-state index < -0.39 is 114 Å². The summed E-state index contributed by atoms with van der Waals surface area (Å²) in [5.41, 5.74) is 18.8. The number of ether oxygens (including phenoxy) is 2. The molecule has 35 nitrogen and oxygen atoms in total. The van der Waals surface area contributed by atoms with Crippen LogP contribution in [0.1, 0.15) is 125 Å². The number of hydrogen-bond donors (Lipinski definition) is 11. The van der Waals surface area contributed by atoms with E-state index in [1.807, 2.05) is 0 Å². The number of carbonyl (C=O) groups excluding carboxylic acids is 11. The Labute approximate surface area is 682 Å². The lowest BCUT2D eigenvalue weighted by molar-refractivity contribution is -0.138. The highest BCUT2D eigenvalue weighted by molar-refractivity contribution is 9.11. The molecule has 4 aliphatic heterocycles. The molecule has 8 aromatic rings. The van der Waals surface area contributed by atoms with Gasteiger partial charge in [-0.05, 0) is 166 Å². The van der Waals surface area contributed by atoms with E-state index in [1.165, 1.54) is 79.1 Å². The minimum atomic E-state index is -3.76. The van der Waals surface area contributed by atoms with E-state index in [4.69, 9.17) is 31.8 Å². The number of carbonyl (C=O) groups is 12. The predicted molar refractivity (Wildman–Crippen MR) is 423 cm³/mol. The Morgan fingerprint density at radius 1 is 0.538 bits per heavy atom. The van der Waals surface area contributed by atoms with Crippen molar-refractivity contribution in [3.05, 3.63) is 199 Å². The molecule has 0 bridgehead atoms. The van der Waals surface area contributed by atoms with Crippen molar-refractivity contribution in [2.45, 2.75) is 86.1 Å². The number of benzene rings is 6. The van der Waals surface area contributed by atoms with Crippen LogP contribution in [0.3, 0.4) is 0 Å². The van der Waals surface area contributed by atoms with Crippen LogP contribution in [0.5, 0.6) is 0 Å². The summed E-state index contributed by atoms with van der Waals surface area (Å²) >= 11 is 6.61. The molecule has 2 aromatic heterocycles. The number of halogens is 4. The van der Waals surface area contributed by atoms with Gasteiger partial charge in [0.05, 0.1) is 94.6 Å². The van der Waals surface area contributed by atoms with Crippen LogP contribution >= 0.6 is 31.9 Å². The average Bonchev–Trinajstić information content (AvgIpc) is 1.61. The second-order valence-corrected chi connectivity index (χ2v) is 32.0. The SMILES string of the molecule is NC(=O)c1c(F)cccc1Nc1nc(Nc2ccc(S(=O)(=O)CCNC(=O)CCOCCCc3cccc4c3C(=O)N(C3CCC(=O)NC3=O)C4=O)cc2)ncc1Br.NCCS(=O)(=O)c1ccc(Nc2ncc(Br)c(Nc3cccc(F)c3C(N)=O)n2)cc1.O=C(O)CCOCCCc1cccc2c1C(=O)N(C1CCC(=O)NC1=O)C2=O. The maximum absolute atomic E-state index is 14.2. The number of nitrogens with one attached hydrogen (secondary N) is 7. The Bertz CT molecular complexity index is 5480. The van der Waals surface area contributed by atoms with Gasteiger partial charge in [0.15, 0.2) is 19.7 Å². The first kappa shape index (κ1) is 87.1. The number of aromatic nitrogens is 4. The third-order valence-electron chi connectivity index (χ3n) is 18.0. The van der Waals surface area contributed by atoms with Crippen molar-refractivity contribution in [1.29, 1.82) is 0 Å². The molecular formula is C76H74Br2F2N16O19S2. The summed E-state index contributed by atoms with van der Waals surface area (Å²) in [7, 11) is -7.19. The van der Waals surface area contributed by atoms with Crippen molar-refractivity contribution in [3.8, 4) is 0 Å². The van der Waals surface area contributed by atoms with Gasteiger partial charge in [-0.3, -0.25) is 78.0 Å². The maximum Gasteiger partial charge on any atom is 0.305 e. The zero-order valence-electron chi connectivity index (χ0n) is 61.6. The molecule has 0 radical (unpaired) electrons. The highest BCUT2D eigenvalue weighted by Gasteiger charge is 2.47. The number of hydrogen-bond acceptors (Lipinski definition) is 27. The van der Waals surface area contributed by atoms with Gasteiger partial charge >= 0.3 is 5.97 Å². The van der Waals surface area contributed by atoms with Crippen LogP contribution in [0.25, 0.3) is 0 Å². The number of amides is 11. The summed E-state index contributed by atoms with van der Waals surface area (Å²) in [6.45, 7) is 0.661. The molecule has 4 aliphatic rings. The van der Waals surface area contributed by atoms with E-state index in [0.717, 1.165) is 21.9 Å². The summed E-state index contributed by atoms with van der Waals surface area (Å²) in [4.78, 5) is 165. The van der Waals surface area contributed by atoms with Gasteiger partial charge in [-0.15, -0.1) is 0 Å². The molecule has 11 amide bonds. The Morgan fingerprint density at radius 3 is 1.35 bits per heavy atom. The first-order valence-corrected chi connectivity index (χ1v) is 40.7. The fourth-order valence-corrected chi connectivity index (χ4v) is 15.3.